The molecule has 2 aliphatic rings. The van der Waals surface area contributed by atoms with Gasteiger partial charge in [0.15, 0.2) is 0 Å². The molecule has 1 N–H and O–H groups in total. The van der Waals surface area contributed by atoms with Gasteiger partial charge in [0.05, 0.1) is 11.3 Å². The average molecular weight is 372 g/mol. The molecule has 2 heterocycles. The van der Waals surface area contributed by atoms with Crippen molar-refractivity contribution in [1.82, 2.24) is 20.2 Å². The molecular weight excluding hydrogens is 348 g/mol. The molecule has 0 unspecified atom stereocenters. The van der Waals surface area contributed by atoms with Gasteiger partial charge in [-0.05, 0) is 73.7 Å². The third-order valence-electron chi connectivity index (χ3n) is 4.86. The Morgan fingerprint density at radius 2 is 1.92 bits per heavy atom. The number of nitrogens with zero attached hydrogens (tertiary/aromatic N) is 5. The summed E-state index contributed by atoms with van der Waals surface area (Å²) in [6.45, 7) is 4.12. The minimum atomic E-state index is -0.264. The molecule has 2 aromatic rings. The van der Waals surface area contributed by atoms with E-state index in [0.717, 1.165) is 36.8 Å². The molecule has 4 rings (SSSR count). The highest BCUT2D eigenvalue weighted by molar-refractivity contribution is 8.00. The molecule has 1 saturated carbocycles. The quantitative estimate of drug-likeness (QED) is 0.785. The van der Waals surface area contributed by atoms with Crippen LogP contribution in [0.3, 0.4) is 0 Å². The Balaban J connectivity index is 1.34. The maximum absolute atomic E-state index is 12.5. The van der Waals surface area contributed by atoms with E-state index < -0.39 is 0 Å². The van der Waals surface area contributed by atoms with Crippen LogP contribution in [0.15, 0.2) is 29.4 Å². The Bertz CT molecular complexity index is 751. The van der Waals surface area contributed by atoms with Crippen molar-refractivity contribution in [1.29, 1.82) is 0 Å². The zero-order valence-corrected chi connectivity index (χ0v) is 15.8. The van der Waals surface area contributed by atoms with E-state index >= 15 is 0 Å². The summed E-state index contributed by atoms with van der Waals surface area (Å²) in [5.41, 5.74) is 2.05. The van der Waals surface area contributed by atoms with Gasteiger partial charge in [0.2, 0.25) is 11.1 Å². The first-order valence-corrected chi connectivity index (χ1v) is 10.2. The van der Waals surface area contributed by atoms with Crippen molar-refractivity contribution >= 4 is 29.0 Å². The lowest BCUT2D eigenvalue weighted by Gasteiger charge is -2.28. The fourth-order valence-electron chi connectivity index (χ4n) is 3.17. The van der Waals surface area contributed by atoms with E-state index in [1.807, 2.05) is 23.7 Å². The van der Waals surface area contributed by atoms with Crippen LogP contribution in [0.1, 0.15) is 45.1 Å². The summed E-state index contributed by atoms with van der Waals surface area (Å²) in [5, 5.41) is 15.3. The second-order valence-electron chi connectivity index (χ2n) is 6.98. The first-order chi connectivity index (χ1) is 12.7. The number of aromatic nitrogens is 4. The highest BCUT2D eigenvalue weighted by Gasteiger charge is 2.29. The van der Waals surface area contributed by atoms with Gasteiger partial charge in [0.1, 0.15) is 0 Å². The topological polar surface area (TPSA) is 75.9 Å². The Hall–Kier alpha value is -2.09. The Morgan fingerprint density at radius 1 is 1.19 bits per heavy atom. The third-order valence-corrected chi connectivity index (χ3v) is 5.91. The summed E-state index contributed by atoms with van der Waals surface area (Å²) < 4.78 is 1.84. The zero-order valence-electron chi connectivity index (χ0n) is 15.0. The molecule has 7 nitrogen and oxygen atoms in total. The largest absolute Gasteiger partial charge is 0.372 e. The van der Waals surface area contributed by atoms with E-state index in [-0.39, 0.29) is 11.2 Å². The number of carbonyl (C=O) groups excluding carboxylic acids is 1. The van der Waals surface area contributed by atoms with Crippen LogP contribution in [-0.4, -0.2) is 44.5 Å². The van der Waals surface area contributed by atoms with Crippen molar-refractivity contribution in [3.05, 3.63) is 24.3 Å². The lowest BCUT2D eigenvalue weighted by atomic mass is 10.1. The maximum atomic E-state index is 12.5. The number of benzene rings is 1. The second-order valence-corrected chi connectivity index (χ2v) is 8.29. The fraction of sp³-hybridized carbons (Fsp3) is 0.556. The Labute approximate surface area is 157 Å². The van der Waals surface area contributed by atoms with Gasteiger partial charge in [-0.25, -0.2) is 4.68 Å². The molecule has 0 bridgehead atoms. The number of amides is 1. The monoisotopic (exact) mass is 372 g/mol. The van der Waals surface area contributed by atoms with Crippen LogP contribution in [0.25, 0.3) is 0 Å². The first-order valence-electron chi connectivity index (χ1n) is 9.31. The molecule has 0 radical (unpaired) electrons. The number of carbonyl (C=O) groups is 1. The maximum Gasteiger partial charge on any atom is 0.237 e. The smallest absolute Gasteiger partial charge is 0.237 e. The third kappa shape index (κ3) is 4.00. The highest BCUT2D eigenvalue weighted by atomic mass is 32.2. The molecule has 1 aliphatic heterocycles. The number of thioether (sulfide) groups is 1. The van der Waals surface area contributed by atoms with Crippen molar-refractivity contribution in [3.8, 4) is 0 Å². The number of rotatable bonds is 6. The molecular formula is C18H24N6OS. The van der Waals surface area contributed by atoms with Gasteiger partial charge >= 0.3 is 0 Å². The summed E-state index contributed by atoms with van der Waals surface area (Å²) in [5.74, 6) is -0.0360. The molecule has 1 aliphatic carbocycles. The minimum absolute atomic E-state index is 0.0360. The lowest BCUT2D eigenvalue weighted by Crippen LogP contribution is -2.29. The highest BCUT2D eigenvalue weighted by Crippen LogP contribution is 2.37. The molecule has 1 atom stereocenters. The van der Waals surface area contributed by atoms with Gasteiger partial charge in [-0.2, -0.15) is 0 Å². The van der Waals surface area contributed by atoms with Gasteiger partial charge < -0.3 is 10.2 Å². The minimum Gasteiger partial charge on any atom is -0.372 e. The number of piperidine rings is 1. The van der Waals surface area contributed by atoms with Crippen molar-refractivity contribution < 1.29 is 4.79 Å². The van der Waals surface area contributed by atoms with E-state index in [9.17, 15) is 4.79 Å². The normalized spacial score (nSPS) is 18.6. The van der Waals surface area contributed by atoms with E-state index in [4.69, 9.17) is 0 Å². The van der Waals surface area contributed by atoms with E-state index in [1.165, 1.54) is 36.7 Å². The molecule has 1 saturated heterocycles. The summed E-state index contributed by atoms with van der Waals surface area (Å²) in [4.78, 5) is 14.9. The number of tetrazole rings is 1. The van der Waals surface area contributed by atoms with Crippen molar-refractivity contribution in [2.45, 2.75) is 55.5 Å². The van der Waals surface area contributed by atoms with E-state index in [1.54, 1.807) is 0 Å². The number of hydrogen-bond donors (Lipinski definition) is 1. The lowest BCUT2D eigenvalue weighted by molar-refractivity contribution is -0.115. The van der Waals surface area contributed by atoms with Gasteiger partial charge in [0, 0.05) is 24.5 Å². The van der Waals surface area contributed by atoms with E-state index in [0.29, 0.717) is 6.04 Å². The molecule has 0 spiro atoms. The molecule has 8 heteroatoms. The SMILES string of the molecule is C[C@H](Sc1nnnn1C1CC1)C(=O)Nc1ccc(N2CCCCC2)cc1. The van der Waals surface area contributed by atoms with Crippen molar-refractivity contribution in [2.75, 3.05) is 23.3 Å². The molecule has 138 valence electrons. The zero-order chi connectivity index (χ0) is 17.9. The van der Waals surface area contributed by atoms with Crippen LogP contribution in [0.5, 0.6) is 0 Å². The Kier molecular flexibility index (Phi) is 5.10. The molecule has 1 amide bonds. The van der Waals surface area contributed by atoms with Gasteiger partial charge in [-0.15, -0.1) is 5.10 Å². The van der Waals surface area contributed by atoms with Crippen LogP contribution >= 0.6 is 11.8 Å². The van der Waals surface area contributed by atoms with Crippen LogP contribution in [0, 0.1) is 0 Å². The standard InChI is InChI=1S/C18H24N6OS/c1-13(26-18-20-21-22-24(18)16-9-10-16)17(25)19-14-5-7-15(8-6-14)23-11-3-2-4-12-23/h5-8,13,16H,2-4,9-12H2,1H3,(H,19,25)/t13-/m0/s1. The number of hydrogen-bond acceptors (Lipinski definition) is 6. The van der Waals surface area contributed by atoms with Gasteiger partial charge in [-0.1, -0.05) is 11.8 Å². The van der Waals surface area contributed by atoms with Gasteiger partial charge in [0.25, 0.3) is 0 Å². The van der Waals surface area contributed by atoms with Crippen molar-refractivity contribution in [2.24, 2.45) is 0 Å². The van der Waals surface area contributed by atoms with E-state index in [2.05, 4.69) is 37.9 Å². The number of nitrogens with one attached hydrogen (secondary N) is 1. The molecule has 26 heavy (non-hydrogen) atoms. The van der Waals surface area contributed by atoms with Crippen LogP contribution in [-0.2, 0) is 4.79 Å². The molecule has 2 fully saturated rings. The summed E-state index contributed by atoms with van der Waals surface area (Å²) in [6, 6.07) is 8.55. The molecule has 1 aromatic carbocycles. The second kappa shape index (κ2) is 7.65. The fourth-order valence-corrected chi connectivity index (χ4v) is 4.03. The van der Waals surface area contributed by atoms with Crippen LogP contribution < -0.4 is 10.2 Å². The Morgan fingerprint density at radius 3 is 2.62 bits per heavy atom. The summed E-state index contributed by atoms with van der Waals surface area (Å²) in [6.07, 6.45) is 6.07. The predicted octanol–water partition coefficient (Wildman–Crippen LogP) is 3.12. The first kappa shape index (κ1) is 17.3. The number of anilines is 2. The summed E-state index contributed by atoms with van der Waals surface area (Å²) in [7, 11) is 0. The van der Waals surface area contributed by atoms with Crippen LogP contribution in [0.4, 0.5) is 11.4 Å². The average Bonchev–Trinajstić information content (AvgIpc) is 3.42. The predicted molar refractivity (Wildman–Crippen MR) is 103 cm³/mol. The van der Waals surface area contributed by atoms with Gasteiger partial charge in [-0.3, -0.25) is 4.79 Å². The van der Waals surface area contributed by atoms with Crippen LogP contribution in [0.2, 0.25) is 0 Å². The van der Waals surface area contributed by atoms with Crippen molar-refractivity contribution in [3.63, 3.8) is 0 Å². The summed E-state index contributed by atoms with van der Waals surface area (Å²) >= 11 is 1.40. The molecule has 1 aromatic heterocycles.